The minimum absolute atomic E-state index is 0.00505. The maximum atomic E-state index is 12.6. The molecule has 21 heavy (non-hydrogen) atoms. The number of hydrogen-bond acceptors (Lipinski definition) is 3. The van der Waals surface area contributed by atoms with E-state index in [1.54, 1.807) is 0 Å². The summed E-state index contributed by atoms with van der Waals surface area (Å²) in [6, 6.07) is 8.09. The number of aryl methyl sites for hydroxylation is 1. The van der Waals surface area contributed by atoms with E-state index < -0.39 is 0 Å². The van der Waals surface area contributed by atoms with Crippen molar-refractivity contribution >= 4 is 16.9 Å². The summed E-state index contributed by atoms with van der Waals surface area (Å²) in [7, 11) is 0. The molecule has 4 heteroatoms. The molecule has 4 rings (SSSR count). The highest BCUT2D eigenvalue weighted by molar-refractivity contribution is 5.96. The number of nitrogens with zero attached hydrogens (tertiary/aromatic N) is 1. The Morgan fingerprint density at radius 1 is 1.29 bits per heavy atom. The van der Waals surface area contributed by atoms with Crippen molar-refractivity contribution in [2.75, 3.05) is 13.1 Å². The molecule has 3 atom stereocenters. The molecule has 0 radical (unpaired) electrons. The number of carbonyl (C=O) groups is 1. The Balaban J connectivity index is 1.59. The number of benzene rings is 1. The molecule has 3 unspecified atom stereocenters. The number of likely N-dealkylation sites (tertiary alicyclic amines) is 1. The molecular weight excluding hydrogens is 264 g/mol. The average Bonchev–Trinajstić information content (AvgIpc) is 3.13. The van der Waals surface area contributed by atoms with Crippen LogP contribution in [-0.4, -0.2) is 29.9 Å². The first kappa shape index (κ1) is 12.9. The molecule has 1 aliphatic heterocycles. The lowest BCUT2D eigenvalue weighted by Gasteiger charge is -2.17. The Bertz CT molecular complexity index is 706. The van der Waals surface area contributed by atoms with E-state index in [-0.39, 0.29) is 11.9 Å². The Kier molecular flexibility index (Phi) is 2.82. The maximum Gasteiger partial charge on any atom is 0.289 e. The number of furan rings is 1. The Morgan fingerprint density at radius 3 is 2.95 bits per heavy atom. The van der Waals surface area contributed by atoms with Gasteiger partial charge in [0.05, 0.1) is 0 Å². The molecular formula is C17H20N2O2. The molecule has 2 heterocycles. The highest BCUT2D eigenvalue weighted by atomic mass is 16.3. The van der Waals surface area contributed by atoms with Gasteiger partial charge in [-0.05, 0) is 49.8 Å². The Hall–Kier alpha value is -1.81. The highest BCUT2D eigenvalue weighted by Gasteiger charge is 2.43. The second kappa shape index (κ2) is 4.60. The van der Waals surface area contributed by atoms with Crippen LogP contribution in [0.15, 0.2) is 28.7 Å². The third-order valence-electron chi connectivity index (χ3n) is 5.08. The SMILES string of the molecule is Cc1ccc2oc(C(=O)N3CC4CCC(N)C4C3)cc2c1. The predicted octanol–water partition coefficient (Wildman–Crippen LogP) is 2.55. The van der Waals surface area contributed by atoms with Gasteiger partial charge in [0.25, 0.3) is 5.91 Å². The van der Waals surface area contributed by atoms with Gasteiger partial charge in [-0.25, -0.2) is 0 Å². The lowest BCUT2D eigenvalue weighted by atomic mass is 9.98. The summed E-state index contributed by atoms with van der Waals surface area (Å²) in [4.78, 5) is 14.5. The van der Waals surface area contributed by atoms with Crippen molar-refractivity contribution in [3.8, 4) is 0 Å². The molecule has 2 aromatic rings. The van der Waals surface area contributed by atoms with E-state index in [2.05, 4.69) is 0 Å². The fourth-order valence-corrected chi connectivity index (χ4v) is 3.90. The van der Waals surface area contributed by atoms with Crippen LogP contribution in [0.4, 0.5) is 0 Å². The van der Waals surface area contributed by atoms with Crippen molar-refractivity contribution in [3.05, 3.63) is 35.6 Å². The first-order valence-corrected chi connectivity index (χ1v) is 7.67. The number of amides is 1. The molecule has 0 bridgehead atoms. The molecule has 1 saturated carbocycles. The summed E-state index contributed by atoms with van der Waals surface area (Å²) >= 11 is 0. The summed E-state index contributed by atoms with van der Waals surface area (Å²) in [5.41, 5.74) is 8.09. The zero-order chi connectivity index (χ0) is 14.6. The molecule has 4 nitrogen and oxygen atoms in total. The van der Waals surface area contributed by atoms with E-state index in [0.29, 0.717) is 17.6 Å². The van der Waals surface area contributed by atoms with Crippen LogP contribution in [0.1, 0.15) is 29.0 Å². The summed E-state index contributed by atoms with van der Waals surface area (Å²) in [6.45, 7) is 3.64. The topological polar surface area (TPSA) is 59.5 Å². The van der Waals surface area contributed by atoms with E-state index in [1.807, 2.05) is 36.1 Å². The predicted molar refractivity (Wildman–Crippen MR) is 81.0 cm³/mol. The normalized spacial score (nSPS) is 28.3. The second-order valence-corrected chi connectivity index (χ2v) is 6.53. The first-order valence-electron chi connectivity index (χ1n) is 7.67. The molecule has 1 aromatic heterocycles. The number of nitrogens with two attached hydrogens (primary N) is 1. The van der Waals surface area contributed by atoms with Gasteiger partial charge >= 0.3 is 0 Å². The van der Waals surface area contributed by atoms with E-state index >= 15 is 0 Å². The average molecular weight is 284 g/mol. The van der Waals surface area contributed by atoms with Crippen LogP contribution in [0.3, 0.4) is 0 Å². The van der Waals surface area contributed by atoms with Crippen LogP contribution >= 0.6 is 0 Å². The van der Waals surface area contributed by atoms with Gasteiger partial charge in [-0.2, -0.15) is 0 Å². The smallest absolute Gasteiger partial charge is 0.289 e. The van der Waals surface area contributed by atoms with Crippen molar-refractivity contribution < 1.29 is 9.21 Å². The van der Waals surface area contributed by atoms with Crippen molar-refractivity contribution in [3.63, 3.8) is 0 Å². The molecule has 2 fully saturated rings. The third-order valence-corrected chi connectivity index (χ3v) is 5.08. The molecule has 1 aromatic carbocycles. The van der Waals surface area contributed by atoms with Crippen LogP contribution in [0.25, 0.3) is 11.0 Å². The zero-order valence-electron chi connectivity index (χ0n) is 12.2. The fraction of sp³-hybridized carbons (Fsp3) is 0.471. The summed E-state index contributed by atoms with van der Waals surface area (Å²) in [6.07, 6.45) is 2.25. The van der Waals surface area contributed by atoms with Crippen LogP contribution in [0.5, 0.6) is 0 Å². The van der Waals surface area contributed by atoms with E-state index in [9.17, 15) is 4.79 Å². The van der Waals surface area contributed by atoms with Gasteiger partial charge in [0.15, 0.2) is 5.76 Å². The third kappa shape index (κ3) is 2.05. The fourth-order valence-electron chi connectivity index (χ4n) is 3.90. The zero-order valence-corrected chi connectivity index (χ0v) is 12.2. The summed E-state index contributed by atoms with van der Waals surface area (Å²) < 4.78 is 5.72. The number of fused-ring (bicyclic) bond motifs is 2. The molecule has 1 saturated heterocycles. The number of rotatable bonds is 1. The second-order valence-electron chi connectivity index (χ2n) is 6.53. The Labute approximate surface area is 123 Å². The molecule has 2 aliphatic rings. The minimum atomic E-state index is 0.00505. The van der Waals surface area contributed by atoms with E-state index in [1.165, 1.54) is 5.56 Å². The van der Waals surface area contributed by atoms with Gasteiger partial charge in [-0.1, -0.05) is 11.6 Å². The van der Waals surface area contributed by atoms with Crippen molar-refractivity contribution in [1.29, 1.82) is 0 Å². The van der Waals surface area contributed by atoms with Crippen LogP contribution in [0.2, 0.25) is 0 Å². The first-order chi connectivity index (χ1) is 10.1. The minimum Gasteiger partial charge on any atom is -0.451 e. The molecule has 0 spiro atoms. The highest BCUT2D eigenvalue weighted by Crippen LogP contribution is 2.37. The van der Waals surface area contributed by atoms with Gasteiger partial charge in [0.1, 0.15) is 5.58 Å². The van der Waals surface area contributed by atoms with Gasteiger partial charge in [-0.3, -0.25) is 4.79 Å². The van der Waals surface area contributed by atoms with Crippen LogP contribution in [-0.2, 0) is 0 Å². The largest absolute Gasteiger partial charge is 0.451 e. The van der Waals surface area contributed by atoms with Gasteiger partial charge in [0.2, 0.25) is 0 Å². The van der Waals surface area contributed by atoms with Gasteiger partial charge in [-0.15, -0.1) is 0 Å². The number of hydrogen-bond donors (Lipinski definition) is 1. The number of carbonyl (C=O) groups excluding carboxylic acids is 1. The van der Waals surface area contributed by atoms with Crippen LogP contribution in [0, 0.1) is 18.8 Å². The quantitative estimate of drug-likeness (QED) is 0.875. The van der Waals surface area contributed by atoms with Crippen LogP contribution < -0.4 is 5.73 Å². The molecule has 1 aliphatic carbocycles. The van der Waals surface area contributed by atoms with E-state index in [0.717, 1.165) is 36.9 Å². The Morgan fingerprint density at radius 2 is 2.14 bits per heavy atom. The monoisotopic (exact) mass is 284 g/mol. The van der Waals surface area contributed by atoms with E-state index in [4.69, 9.17) is 10.2 Å². The molecule has 1 amide bonds. The summed E-state index contributed by atoms with van der Waals surface area (Å²) in [5.74, 6) is 1.51. The molecule has 110 valence electrons. The maximum absolute atomic E-state index is 12.6. The van der Waals surface area contributed by atoms with Crippen molar-refractivity contribution in [2.24, 2.45) is 17.6 Å². The standard InChI is InChI=1S/C17H20N2O2/c1-10-2-5-15-12(6-10)7-16(21-15)17(20)19-8-11-3-4-14(18)13(11)9-19/h2,5-7,11,13-14H,3-4,8-9,18H2,1H3. The van der Waals surface area contributed by atoms with Gasteiger partial charge in [0, 0.05) is 24.5 Å². The van der Waals surface area contributed by atoms with Crippen molar-refractivity contribution in [1.82, 2.24) is 4.90 Å². The lowest BCUT2D eigenvalue weighted by molar-refractivity contribution is 0.0750. The summed E-state index contributed by atoms with van der Waals surface area (Å²) in [5, 5.41) is 0.995. The van der Waals surface area contributed by atoms with Crippen molar-refractivity contribution in [2.45, 2.75) is 25.8 Å². The lowest BCUT2D eigenvalue weighted by Crippen LogP contribution is -2.33. The van der Waals surface area contributed by atoms with Gasteiger partial charge < -0.3 is 15.1 Å². The molecule has 2 N–H and O–H groups in total.